The predicted octanol–water partition coefficient (Wildman–Crippen LogP) is 5.14. The molecule has 0 saturated heterocycles. The molecular formula is C14H19Cl2NS. The molecule has 0 spiro atoms. The van der Waals surface area contributed by atoms with Gasteiger partial charge >= 0.3 is 0 Å². The van der Waals surface area contributed by atoms with E-state index in [4.69, 9.17) is 23.2 Å². The van der Waals surface area contributed by atoms with Gasteiger partial charge in [0.05, 0.1) is 8.67 Å². The lowest BCUT2D eigenvalue weighted by molar-refractivity contribution is 0.458. The average Bonchev–Trinajstić information content (AvgIpc) is 2.98. The van der Waals surface area contributed by atoms with Crippen LogP contribution in [0.15, 0.2) is 6.07 Å². The van der Waals surface area contributed by atoms with Crippen LogP contribution in [0.3, 0.4) is 0 Å². The Morgan fingerprint density at radius 2 is 2.00 bits per heavy atom. The van der Waals surface area contributed by atoms with Gasteiger partial charge in [0.2, 0.25) is 0 Å². The molecule has 0 amide bonds. The summed E-state index contributed by atoms with van der Waals surface area (Å²) in [6, 6.07) is 2.48. The Bertz CT molecular complexity index is 419. The number of fused-ring (bicyclic) bond motifs is 1. The van der Waals surface area contributed by atoms with Crippen molar-refractivity contribution in [2.24, 2.45) is 17.8 Å². The van der Waals surface area contributed by atoms with Gasteiger partial charge in [-0.1, -0.05) is 43.0 Å². The van der Waals surface area contributed by atoms with Crippen LogP contribution in [0.5, 0.6) is 0 Å². The Morgan fingerprint density at radius 3 is 2.50 bits per heavy atom. The highest BCUT2D eigenvalue weighted by Crippen LogP contribution is 2.61. The van der Waals surface area contributed by atoms with Crippen molar-refractivity contribution in [1.82, 2.24) is 5.32 Å². The molecule has 3 atom stereocenters. The zero-order valence-electron chi connectivity index (χ0n) is 10.6. The number of hydrogen-bond acceptors (Lipinski definition) is 2. The number of halogens is 2. The molecule has 1 nitrogen and oxygen atoms in total. The van der Waals surface area contributed by atoms with E-state index in [1.807, 2.05) is 0 Å². The summed E-state index contributed by atoms with van der Waals surface area (Å²) in [6.07, 6.45) is 5.64. The van der Waals surface area contributed by atoms with Gasteiger partial charge in [-0.15, -0.1) is 11.3 Å². The van der Waals surface area contributed by atoms with Crippen LogP contribution in [0.1, 0.15) is 44.2 Å². The summed E-state index contributed by atoms with van der Waals surface area (Å²) in [7, 11) is 0. The van der Waals surface area contributed by atoms with Crippen molar-refractivity contribution in [2.75, 3.05) is 6.54 Å². The molecule has 1 aromatic rings. The third-order valence-electron chi connectivity index (χ3n) is 4.55. The fourth-order valence-electron chi connectivity index (χ4n) is 3.78. The fraction of sp³-hybridized carbons (Fsp3) is 0.714. The van der Waals surface area contributed by atoms with E-state index in [1.165, 1.54) is 42.6 Å². The van der Waals surface area contributed by atoms with E-state index in [0.29, 0.717) is 6.04 Å². The first kappa shape index (κ1) is 13.2. The van der Waals surface area contributed by atoms with Crippen LogP contribution in [0.4, 0.5) is 0 Å². The third-order valence-corrected chi connectivity index (χ3v) is 6.07. The Balaban J connectivity index is 1.82. The first-order chi connectivity index (χ1) is 8.72. The van der Waals surface area contributed by atoms with E-state index >= 15 is 0 Å². The summed E-state index contributed by atoms with van der Waals surface area (Å²) < 4.78 is 1.68. The van der Waals surface area contributed by atoms with Crippen molar-refractivity contribution >= 4 is 34.5 Å². The van der Waals surface area contributed by atoms with Crippen LogP contribution >= 0.6 is 34.5 Å². The normalized spacial score (nSPS) is 32.1. The van der Waals surface area contributed by atoms with Crippen LogP contribution < -0.4 is 5.32 Å². The lowest BCUT2D eigenvalue weighted by Crippen LogP contribution is -2.23. The van der Waals surface area contributed by atoms with Crippen LogP contribution in [0.2, 0.25) is 8.67 Å². The molecule has 4 heteroatoms. The minimum Gasteiger partial charge on any atom is -0.310 e. The van der Waals surface area contributed by atoms with Gasteiger partial charge < -0.3 is 5.32 Å². The van der Waals surface area contributed by atoms with Crippen LogP contribution in [-0.2, 0) is 0 Å². The van der Waals surface area contributed by atoms with E-state index in [2.05, 4.69) is 18.3 Å². The highest BCUT2D eigenvalue weighted by atomic mass is 35.5. The maximum absolute atomic E-state index is 6.34. The molecular weight excluding hydrogens is 285 g/mol. The lowest BCUT2D eigenvalue weighted by Gasteiger charge is -2.18. The maximum Gasteiger partial charge on any atom is 0.0992 e. The van der Waals surface area contributed by atoms with Crippen molar-refractivity contribution in [3.05, 3.63) is 20.3 Å². The summed E-state index contributed by atoms with van der Waals surface area (Å²) in [5.41, 5.74) is 1.23. The van der Waals surface area contributed by atoms with Gasteiger partial charge in [0.15, 0.2) is 0 Å². The topological polar surface area (TPSA) is 12.0 Å². The Labute approximate surface area is 123 Å². The van der Waals surface area contributed by atoms with E-state index in [0.717, 1.165) is 33.0 Å². The summed E-state index contributed by atoms with van der Waals surface area (Å²) in [6.45, 7) is 3.16. The minimum atomic E-state index is 0.416. The summed E-state index contributed by atoms with van der Waals surface area (Å²) in [5, 5.41) is 3.63. The predicted molar refractivity (Wildman–Crippen MR) is 79.7 cm³/mol. The molecule has 2 aliphatic carbocycles. The molecule has 1 aromatic heterocycles. The Morgan fingerprint density at radius 1 is 1.33 bits per heavy atom. The van der Waals surface area contributed by atoms with Gasteiger partial charge in [-0.3, -0.25) is 0 Å². The number of hydrogen-bond donors (Lipinski definition) is 1. The fourth-order valence-corrected chi connectivity index (χ4v) is 5.33. The largest absolute Gasteiger partial charge is 0.310 e. The molecule has 0 radical (unpaired) electrons. The molecule has 0 aromatic carbocycles. The second kappa shape index (κ2) is 5.32. The molecule has 100 valence electrons. The molecule has 1 N–H and O–H groups in total. The monoisotopic (exact) mass is 303 g/mol. The standard InChI is InChI=1S/C14H19Cl2NS/c1-2-17-13(10-7-11(15)18-14(10)16)12-8-5-3-4-6-9(8)12/h7-9,12-13,17H,2-6H2,1H3. The van der Waals surface area contributed by atoms with Crippen molar-refractivity contribution in [3.8, 4) is 0 Å². The van der Waals surface area contributed by atoms with E-state index in [9.17, 15) is 0 Å². The first-order valence-corrected chi connectivity index (χ1v) is 8.47. The first-order valence-electron chi connectivity index (χ1n) is 6.90. The molecule has 2 fully saturated rings. The van der Waals surface area contributed by atoms with Crippen molar-refractivity contribution in [3.63, 3.8) is 0 Å². The van der Waals surface area contributed by atoms with Gasteiger partial charge in [0.25, 0.3) is 0 Å². The summed E-state index contributed by atoms with van der Waals surface area (Å²) in [5.74, 6) is 2.64. The highest BCUT2D eigenvalue weighted by molar-refractivity contribution is 7.20. The van der Waals surface area contributed by atoms with E-state index in [1.54, 1.807) is 0 Å². The van der Waals surface area contributed by atoms with Crippen LogP contribution in [0, 0.1) is 17.8 Å². The molecule has 3 rings (SSSR count). The van der Waals surface area contributed by atoms with E-state index < -0.39 is 0 Å². The van der Waals surface area contributed by atoms with Gasteiger partial charge in [-0.05, 0) is 43.2 Å². The molecule has 3 unspecified atom stereocenters. The van der Waals surface area contributed by atoms with E-state index in [-0.39, 0.29) is 0 Å². The number of rotatable bonds is 4. The highest BCUT2D eigenvalue weighted by Gasteiger charge is 2.54. The minimum absolute atomic E-state index is 0.416. The molecule has 18 heavy (non-hydrogen) atoms. The average molecular weight is 304 g/mol. The molecule has 1 heterocycles. The maximum atomic E-state index is 6.34. The second-order valence-corrected chi connectivity index (χ2v) is 7.79. The quantitative estimate of drug-likeness (QED) is 0.812. The van der Waals surface area contributed by atoms with Gasteiger partial charge in [0, 0.05) is 11.6 Å². The van der Waals surface area contributed by atoms with Gasteiger partial charge in [0.1, 0.15) is 0 Å². The Hall–Kier alpha value is 0.240. The molecule has 2 saturated carbocycles. The lowest BCUT2D eigenvalue weighted by atomic mass is 10.0. The van der Waals surface area contributed by atoms with Crippen LogP contribution in [0.25, 0.3) is 0 Å². The number of thiophene rings is 1. The summed E-state index contributed by atoms with van der Waals surface area (Å²) in [4.78, 5) is 0. The van der Waals surface area contributed by atoms with Crippen molar-refractivity contribution in [2.45, 2.75) is 38.6 Å². The molecule has 0 aliphatic heterocycles. The Kier molecular flexibility index (Phi) is 3.91. The van der Waals surface area contributed by atoms with Crippen molar-refractivity contribution < 1.29 is 0 Å². The smallest absolute Gasteiger partial charge is 0.0992 e. The molecule has 0 bridgehead atoms. The third kappa shape index (κ3) is 2.33. The van der Waals surface area contributed by atoms with Crippen molar-refractivity contribution in [1.29, 1.82) is 0 Å². The summed E-state index contributed by atoms with van der Waals surface area (Å²) >= 11 is 13.9. The van der Waals surface area contributed by atoms with Gasteiger partial charge in [-0.2, -0.15) is 0 Å². The molecule has 2 aliphatic rings. The SMILES string of the molecule is CCNC(c1cc(Cl)sc1Cl)C1C2CCCCC21. The number of nitrogens with one attached hydrogen (secondary N) is 1. The zero-order chi connectivity index (χ0) is 12.7. The van der Waals surface area contributed by atoms with Gasteiger partial charge in [-0.25, -0.2) is 0 Å². The second-order valence-electron chi connectivity index (χ2n) is 5.50. The zero-order valence-corrected chi connectivity index (χ0v) is 12.9. The van der Waals surface area contributed by atoms with Crippen LogP contribution in [-0.4, -0.2) is 6.54 Å².